The number of rotatable bonds is 3. The molecular weight excluding hydrogens is 370 g/mol. The summed E-state index contributed by atoms with van der Waals surface area (Å²) in [5.41, 5.74) is 2.26. The predicted octanol–water partition coefficient (Wildman–Crippen LogP) is 4.28. The van der Waals surface area contributed by atoms with Crippen LogP contribution < -0.4 is 5.32 Å². The second-order valence-corrected chi connectivity index (χ2v) is 8.68. The van der Waals surface area contributed by atoms with Gasteiger partial charge in [0, 0.05) is 29.2 Å². The Morgan fingerprint density at radius 2 is 2.04 bits per heavy atom. The van der Waals surface area contributed by atoms with Crippen LogP contribution in [0.3, 0.4) is 0 Å². The van der Waals surface area contributed by atoms with Gasteiger partial charge in [0.25, 0.3) is 5.91 Å². The standard InChI is InChI=1S/C22H23N3O2S/c1-15-17(20(26)25-11-7-19-16(13-25)8-12-28-19)5-4-6-18(15)24-21(27)22(14-23)9-2-3-10-22/h4-6,8,12H,2-3,7,9-11,13H2,1H3,(H,24,27). The van der Waals surface area contributed by atoms with Crippen molar-refractivity contribution in [2.75, 3.05) is 11.9 Å². The molecule has 1 saturated carbocycles. The lowest BCUT2D eigenvalue weighted by Crippen LogP contribution is -2.36. The number of nitrogens with zero attached hydrogens (tertiary/aromatic N) is 2. The van der Waals surface area contributed by atoms with Gasteiger partial charge in [0.05, 0.1) is 6.07 Å². The molecule has 144 valence electrons. The summed E-state index contributed by atoms with van der Waals surface area (Å²) in [7, 11) is 0. The van der Waals surface area contributed by atoms with Gasteiger partial charge >= 0.3 is 0 Å². The van der Waals surface area contributed by atoms with Gasteiger partial charge in [0.2, 0.25) is 5.91 Å². The van der Waals surface area contributed by atoms with Crippen LogP contribution in [-0.2, 0) is 17.8 Å². The fraction of sp³-hybridized carbons (Fsp3) is 0.409. The van der Waals surface area contributed by atoms with E-state index in [2.05, 4.69) is 22.8 Å². The third-order valence-corrected chi connectivity index (χ3v) is 7.04. The van der Waals surface area contributed by atoms with Gasteiger partial charge in [-0.3, -0.25) is 9.59 Å². The maximum atomic E-state index is 13.1. The first-order valence-corrected chi connectivity index (χ1v) is 10.6. The third kappa shape index (κ3) is 3.20. The lowest BCUT2D eigenvalue weighted by molar-refractivity contribution is -0.122. The monoisotopic (exact) mass is 393 g/mol. The summed E-state index contributed by atoms with van der Waals surface area (Å²) in [5, 5.41) is 14.5. The number of hydrogen-bond donors (Lipinski definition) is 1. The minimum Gasteiger partial charge on any atom is -0.334 e. The molecule has 0 atom stereocenters. The van der Waals surface area contributed by atoms with Crippen LogP contribution in [0.1, 0.15) is 52.0 Å². The molecule has 1 N–H and O–H groups in total. The first-order valence-electron chi connectivity index (χ1n) is 9.71. The number of carbonyl (C=O) groups excluding carboxylic acids is 2. The number of nitriles is 1. The van der Waals surface area contributed by atoms with Gasteiger partial charge in [-0.1, -0.05) is 18.9 Å². The number of hydrogen-bond acceptors (Lipinski definition) is 4. The Balaban J connectivity index is 1.55. The van der Waals surface area contributed by atoms with Crippen molar-refractivity contribution < 1.29 is 9.59 Å². The number of anilines is 1. The molecule has 6 heteroatoms. The smallest absolute Gasteiger partial charge is 0.254 e. The van der Waals surface area contributed by atoms with Crippen molar-refractivity contribution >= 4 is 28.8 Å². The molecule has 1 aliphatic heterocycles. The molecule has 2 aromatic rings. The first-order chi connectivity index (χ1) is 13.5. The lowest BCUT2D eigenvalue weighted by Gasteiger charge is -2.28. The van der Waals surface area contributed by atoms with E-state index in [1.165, 1.54) is 10.4 Å². The van der Waals surface area contributed by atoms with Crippen LogP contribution in [0.25, 0.3) is 0 Å². The topological polar surface area (TPSA) is 73.2 Å². The summed E-state index contributed by atoms with van der Waals surface area (Å²) in [6.45, 7) is 3.20. The summed E-state index contributed by atoms with van der Waals surface area (Å²) in [6, 6.07) is 9.73. The number of amides is 2. The van der Waals surface area contributed by atoms with Crippen molar-refractivity contribution in [2.45, 2.75) is 45.6 Å². The number of thiophene rings is 1. The molecule has 0 radical (unpaired) electrons. The number of benzene rings is 1. The Labute approximate surface area is 169 Å². The quantitative estimate of drug-likeness (QED) is 0.846. The van der Waals surface area contributed by atoms with E-state index in [1.807, 2.05) is 17.9 Å². The molecule has 2 aliphatic rings. The van der Waals surface area contributed by atoms with Gasteiger partial charge in [-0.05, 0) is 60.9 Å². The van der Waals surface area contributed by atoms with Gasteiger partial charge in [-0.2, -0.15) is 5.26 Å². The van der Waals surface area contributed by atoms with E-state index in [-0.39, 0.29) is 11.8 Å². The third-order valence-electron chi connectivity index (χ3n) is 6.01. The summed E-state index contributed by atoms with van der Waals surface area (Å²) in [5.74, 6) is -0.262. The number of fused-ring (bicyclic) bond motifs is 1. The van der Waals surface area contributed by atoms with Crippen molar-refractivity contribution in [3.05, 3.63) is 51.2 Å². The second-order valence-electron chi connectivity index (χ2n) is 7.68. The van der Waals surface area contributed by atoms with E-state index >= 15 is 0 Å². The molecule has 1 aromatic heterocycles. The number of nitrogens with one attached hydrogen (secondary N) is 1. The normalized spacial score (nSPS) is 17.6. The van der Waals surface area contributed by atoms with Crippen molar-refractivity contribution in [1.29, 1.82) is 5.26 Å². The Kier molecular flexibility index (Phi) is 4.94. The zero-order valence-corrected chi connectivity index (χ0v) is 16.8. The first kappa shape index (κ1) is 18.7. The van der Waals surface area contributed by atoms with Crippen molar-refractivity contribution in [2.24, 2.45) is 5.41 Å². The van der Waals surface area contributed by atoms with Crippen molar-refractivity contribution in [3.8, 4) is 6.07 Å². The summed E-state index contributed by atoms with van der Waals surface area (Å²) >= 11 is 1.75. The van der Waals surface area contributed by atoms with E-state index in [0.717, 1.165) is 24.8 Å². The molecule has 4 rings (SSSR count). The second kappa shape index (κ2) is 7.40. The van der Waals surface area contributed by atoms with Crippen molar-refractivity contribution in [1.82, 2.24) is 4.90 Å². The zero-order chi connectivity index (χ0) is 19.7. The molecule has 1 fully saturated rings. The minimum atomic E-state index is -0.936. The zero-order valence-electron chi connectivity index (χ0n) is 16.0. The van der Waals surface area contributed by atoms with E-state index in [9.17, 15) is 14.9 Å². The average molecular weight is 394 g/mol. The molecule has 2 amide bonds. The van der Waals surface area contributed by atoms with Crippen LogP contribution >= 0.6 is 11.3 Å². The van der Waals surface area contributed by atoms with E-state index in [4.69, 9.17) is 0 Å². The summed E-state index contributed by atoms with van der Waals surface area (Å²) in [6.07, 6.45) is 3.89. The molecule has 0 spiro atoms. The average Bonchev–Trinajstić information content (AvgIpc) is 3.38. The van der Waals surface area contributed by atoms with Crippen LogP contribution in [0, 0.1) is 23.7 Å². The Bertz CT molecular complexity index is 966. The SMILES string of the molecule is Cc1c(NC(=O)C2(C#N)CCCC2)cccc1C(=O)N1CCc2sccc2C1. The minimum absolute atomic E-state index is 0.0127. The molecular formula is C22H23N3O2S. The maximum Gasteiger partial charge on any atom is 0.254 e. The highest BCUT2D eigenvalue weighted by Crippen LogP contribution is 2.39. The van der Waals surface area contributed by atoms with E-state index in [0.29, 0.717) is 37.2 Å². The largest absolute Gasteiger partial charge is 0.334 e. The molecule has 2 heterocycles. The highest BCUT2D eigenvalue weighted by Gasteiger charge is 2.41. The molecule has 1 aromatic carbocycles. The van der Waals surface area contributed by atoms with E-state index < -0.39 is 5.41 Å². The highest BCUT2D eigenvalue weighted by atomic mass is 32.1. The van der Waals surface area contributed by atoms with Gasteiger partial charge in [0.15, 0.2) is 0 Å². The fourth-order valence-electron chi connectivity index (χ4n) is 4.21. The number of carbonyl (C=O) groups is 2. The van der Waals surface area contributed by atoms with Gasteiger partial charge in [-0.15, -0.1) is 11.3 Å². The summed E-state index contributed by atoms with van der Waals surface area (Å²) in [4.78, 5) is 29.1. The van der Waals surface area contributed by atoms with Gasteiger partial charge in [-0.25, -0.2) is 0 Å². The molecule has 0 saturated heterocycles. The van der Waals surface area contributed by atoms with Crippen LogP contribution in [-0.4, -0.2) is 23.3 Å². The lowest BCUT2D eigenvalue weighted by atomic mass is 9.87. The van der Waals surface area contributed by atoms with Crippen molar-refractivity contribution in [3.63, 3.8) is 0 Å². The Morgan fingerprint density at radius 3 is 2.79 bits per heavy atom. The molecule has 5 nitrogen and oxygen atoms in total. The van der Waals surface area contributed by atoms with Crippen LogP contribution in [0.4, 0.5) is 5.69 Å². The molecule has 0 unspecified atom stereocenters. The Hall–Kier alpha value is -2.65. The molecule has 0 bridgehead atoms. The van der Waals surface area contributed by atoms with Crippen LogP contribution in [0.5, 0.6) is 0 Å². The highest BCUT2D eigenvalue weighted by molar-refractivity contribution is 7.10. The van der Waals surface area contributed by atoms with Gasteiger partial charge in [0.1, 0.15) is 5.41 Å². The fourth-order valence-corrected chi connectivity index (χ4v) is 5.09. The molecule has 28 heavy (non-hydrogen) atoms. The van der Waals surface area contributed by atoms with Crippen LogP contribution in [0.15, 0.2) is 29.6 Å². The predicted molar refractivity (Wildman–Crippen MR) is 109 cm³/mol. The summed E-state index contributed by atoms with van der Waals surface area (Å²) < 4.78 is 0. The Morgan fingerprint density at radius 1 is 1.25 bits per heavy atom. The van der Waals surface area contributed by atoms with Crippen LogP contribution in [0.2, 0.25) is 0 Å². The van der Waals surface area contributed by atoms with E-state index in [1.54, 1.807) is 23.5 Å². The maximum absolute atomic E-state index is 13.1. The van der Waals surface area contributed by atoms with Gasteiger partial charge < -0.3 is 10.2 Å². The molecule has 1 aliphatic carbocycles.